The second-order valence-electron chi connectivity index (χ2n) is 4.60. The fourth-order valence-electron chi connectivity index (χ4n) is 1.94. The summed E-state index contributed by atoms with van der Waals surface area (Å²) in [6.45, 7) is 5.28. The molecule has 1 fully saturated rings. The van der Waals surface area contributed by atoms with E-state index in [1.807, 2.05) is 4.90 Å². The van der Waals surface area contributed by atoms with Gasteiger partial charge in [0.15, 0.2) is 0 Å². The number of aliphatic carboxylic acids is 1. The molecule has 6 heteroatoms. The Balaban J connectivity index is 2.35. The van der Waals surface area contributed by atoms with Crippen molar-refractivity contribution in [3.05, 3.63) is 12.7 Å². The number of carboxylic acid groups (broad SMARTS) is 1. The molecule has 18 heavy (non-hydrogen) atoms. The second kappa shape index (κ2) is 7.13. The lowest BCUT2D eigenvalue weighted by molar-refractivity contribution is -0.141. The van der Waals surface area contributed by atoms with E-state index in [0.717, 1.165) is 25.9 Å². The Morgan fingerprint density at radius 3 is 2.61 bits per heavy atom. The third-order valence-corrected chi connectivity index (χ3v) is 3.04. The topological polar surface area (TPSA) is 95.7 Å². The fraction of sp³-hybridized carbons (Fsp3) is 0.667. The number of amides is 1. The highest BCUT2D eigenvalue weighted by atomic mass is 16.4. The van der Waals surface area contributed by atoms with Gasteiger partial charge in [-0.1, -0.05) is 6.08 Å². The van der Waals surface area contributed by atoms with Crippen LogP contribution in [0.5, 0.6) is 0 Å². The number of nitrogens with one attached hydrogen (secondary N) is 1. The Kier molecular flexibility index (Phi) is 5.80. The van der Waals surface area contributed by atoms with Crippen molar-refractivity contribution >= 4 is 11.9 Å². The quantitative estimate of drug-likeness (QED) is 0.559. The van der Waals surface area contributed by atoms with Crippen molar-refractivity contribution < 1.29 is 14.7 Å². The molecule has 0 aliphatic carbocycles. The third kappa shape index (κ3) is 4.85. The first-order valence-electron chi connectivity index (χ1n) is 6.14. The molecule has 0 bridgehead atoms. The fourth-order valence-corrected chi connectivity index (χ4v) is 1.94. The van der Waals surface area contributed by atoms with E-state index in [4.69, 9.17) is 10.8 Å². The molecule has 0 spiro atoms. The molecule has 0 aromatic rings. The highest BCUT2D eigenvalue weighted by Crippen LogP contribution is 2.07. The van der Waals surface area contributed by atoms with Crippen LogP contribution in [0.2, 0.25) is 0 Å². The monoisotopic (exact) mass is 255 g/mol. The molecule has 1 aliphatic heterocycles. The molecule has 0 saturated carbocycles. The van der Waals surface area contributed by atoms with Gasteiger partial charge in [0.25, 0.3) is 0 Å². The molecule has 1 saturated heterocycles. The number of carbonyl (C=O) groups is 2. The van der Waals surface area contributed by atoms with Gasteiger partial charge in [-0.3, -0.25) is 9.69 Å². The van der Waals surface area contributed by atoms with E-state index in [1.54, 1.807) is 0 Å². The summed E-state index contributed by atoms with van der Waals surface area (Å²) < 4.78 is 0. The summed E-state index contributed by atoms with van der Waals surface area (Å²) >= 11 is 0. The summed E-state index contributed by atoms with van der Waals surface area (Å²) in [5, 5.41) is 11.4. The molecule has 1 rings (SSSR count). The predicted molar refractivity (Wildman–Crippen MR) is 68.0 cm³/mol. The lowest BCUT2D eigenvalue weighted by Crippen LogP contribution is -2.48. The molecule has 0 aromatic carbocycles. The van der Waals surface area contributed by atoms with Crippen LogP contribution in [0, 0.1) is 0 Å². The lowest BCUT2D eigenvalue weighted by Gasteiger charge is -2.29. The van der Waals surface area contributed by atoms with Crippen molar-refractivity contribution in [3.63, 3.8) is 0 Å². The standard InChI is InChI=1S/C12H21N3O3/c1-2-3-10(12(17)18)14-11(16)8-15-6-4-9(13)5-7-15/h2,9-10H,1,3-8,13H2,(H,14,16)(H,17,18). The van der Waals surface area contributed by atoms with Crippen LogP contribution >= 0.6 is 0 Å². The minimum Gasteiger partial charge on any atom is -0.480 e. The average Bonchev–Trinajstić information content (AvgIpc) is 2.31. The van der Waals surface area contributed by atoms with Crippen LogP contribution < -0.4 is 11.1 Å². The number of piperidine rings is 1. The zero-order valence-corrected chi connectivity index (χ0v) is 10.5. The Morgan fingerprint density at radius 1 is 1.50 bits per heavy atom. The molecule has 0 aromatic heterocycles. The van der Waals surface area contributed by atoms with E-state index >= 15 is 0 Å². The molecular formula is C12H21N3O3. The number of carbonyl (C=O) groups excluding carboxylic acids is 1. The first kappa shape index (κ1) is 14.7. The molecule has 1 atom stereocenters. The summed E-state index contributed by atoms with van der Waals surface area (Å²) in [7, 11) is 0. The van der Waals surface area contributed by atoms with Crippen molar-refractivity contribution in [1.29, 1.82) is 0 Å². The smallest absolute Gasteiger partial charge is 0.326 e. The summed E-state index contributed by atoms with van der Waals surface area (Å²) in [4.78, 5) is 24.6. The Bertz CT molecular complexity index is 312. The highest BCUT2D eigenvalue weighted by Gasteiger charge is 2.22. The molecule has 102 valence electrons. The Labute approximate surface area is 107 Å². The van der Waals surface area contributed by atoms with Crippen molar-refractivity contribution in [2.75, 3.05) is 19.6 Å². The number of nitrogens with zero attached hydrogens (tertiary/aromatic N) is 1. The van der Waals surface area contributed by atoms with Gasteiger partial charge in [0.1, 0.15) is 6.04 Å². The molecule has 1 amide bonds. The first-order chi connectivity index (χ1) is 8.52. The van der Waals surface area contributed by atoms with Gasteiger partial charge in [-0.15, -0.1) is 6.58 Å². The molecule has 1 heterocycles. The number of likely N-dealkylation sites (tertiary alicyclic amines) is 1. The number of nitrogens with two attached hydrogens (primary N) is 1. The van der Waals surface area contributed by atoms with Crippen LogP contribution in [-0.2, 0) is 9.59 Å². The summed E-state index contributed by atoms with van der Waals surface area (Å²) in [5.41, 5.74) is 5.77. The van der Waals surface area contributed by atoms with Crippen molar-refractivity contribution in [2.45, 2.75) is 31.3 Å². The molecule has 1 aliphatic rings. The minimum absolute atomic E-state index is 0.219. The molecular weight excluding hydrogens is 234 g/mol. The van der Waals surface area contributed by atoms with Crippen LogP contribution in [0.3, 0.4) is 0 Å². The Hall–Kier alpha value is -1.40. The predicted octanol–water partition coefficient (Wildman–Crippen LogP) is -0.445. The van der Waals surface area contributed by atoms with Crippen LogP contribution in [0.25, 0.3) is 0 Å². The number of hydrogen-bond acceptors (Lipinski definition) is 4. The molecule has 1 unspecified atom stereocenters. The van der Waals surface area contributed by atoms with Crippen molar-refractivity contribution in [2.24, 2.45) is 5.73 Å². The van der Waals surface area contributed by atoms with Crippen LogP contribution in [0.4, 0.5) is 0 Å². The van der Waals surface area contributed by atoms with Crippen LogP contribution in [-0.4, -0.2) is 53.6 Å². The van der Waals surface area contributed by atoms with E-state index < -0.39 is 12.0 Å². The third-order valence-electron chi connectivity index (χ3n) is 3.04. The Morgan fingerprint density at radius 2 is 2.11 bits per heavy atom. The second-order valence-corrected chi connectivity index (χ2v) is 4.60. The maximum Gasteiger partial charge on any atom is 0.326 e. The van der Waals surface area contributed by atoms with Gasteiger partial charge < -0.3 is 16.2 Å². The SMILES string of the molecule is C=CCC(NC(=O)CN1CCC(N)CC1)C(=O)O. The van der Waals surface area contributed by atoms with Crippen LogP contribution in [0.15, 0.2) is 12.7 Å². The van der Waals surface area contributed by atoms with E-state index in [-0.39, 0.29) is 24.9 Å². The van der Waals surface area contributed by atoms with E-state index in [9.17, 15) is 9.59 Å². The van der Waals surface area contributed by atoms with Crippen molar-refractivity contribution in [3.8, 4) is 0 Å². The average molecular weight is 255 g/mol. The molecule has 0 radical (unpaired) electrons. The minimum atomic E-state index is -1.04. The summed E-state index contributed by atoms with van der Waals surface area (Å²) in [6, 6.07) is -0.668. The van der Waals surface area contributed by atoms with E-state index in [2.05, 4.69) is 11.9 Å². The van der Waals surface area contributed by atoms with Gasteiger partial charge in [0.2, 0.25) is 5.91 Å². The van der Waals surface area contributed by atoms with Gasteiger partial charge in [-0.2, -0.15) is 0 Å². The number of hydrogen-bond donors (Lipinski definition) is 3. The lowest BCUT2D eigenvalue weighted by atomic mass is 10.1. The van der Waals surface area contributed by atoms with Crippen LogP contribution in [0.1, 0.15) is 19.3 Å². The summed E-state index contributed by atoms with van der Waals surface area (Å²) in [6.07, 6.45) is 3.47. The highest BCUT2D eigenvalue weighted by molar-refractivity contribution is 5.84. The van der Waals surface area contributed by atoms with E-state index in [0.29, 0.717) is 0 Å². The number of rotatable bonds is 6. The first-order valence-corrected chi connectivity index (χ1v) is 6.14. The largest absolute Gasteiger partial charge is 0.480 e. The number of carboxylic acids is 1. The zero-order valence-electron chi connectivity index (χ0n) is 10.5. The van der Waals surface area contributed by atoms with Gasteiger partial charge >= 0.3 is 5.97 Å². The maximum atomic E-state index is 11.7. The van der Waals surface area contributed by atoms with Gasteiger partial charge in [-0.25, -0.2) is 4.79 Å². The van der Waals surface area contributed by atoms with Gasteiger partial charge in [-0.05, 0) is 19.3 Å². The maximum absolute atomic E-state index is 11.7. The van der Waals surface area contributed by atoms with Gasteiger partial charge in [0.05, 0.1) is 6.54 Å². The summed E-state index contributed by atoms with van der Waals surface area (Å²) in [5.74, 6) is -1.30. The normalized spacial score (nSPS) is 19.2. The van der Waals surface area contributed by atoms with Crippen molar-refractivity contribution in [1.82, 2.24) is 10.2 Å². The molecule has 6 nitrogen and oxygen atoms in total. The zero-order chi connectivity index (χ0) is 13.5. The molecule has 4 N–H and O–H groups in total. The van der Waals surface area contributed by atoms with E-state index in [1.165, 1.54) is 6.08 Å². The van der Waals surface area contributed by atoms with Gasteiger partial charge in [0, 0.05) is 19.1 Å².